The van der Waals surface area contributed by atoms with Crippen molar-refractivity contribution in [3.63, 3.8) is 0 Å². The fraction of sp³-hybridized carbons (Fsp3) is 0.0556. The fourth-order valence-electron chi connectivity index (χ4n) is 2.39. The summed E-state index contributed by atoms with van der Waals surface area (Å²) in [5.41, 5.74) is 1.37. The maximum Gasteiger partial charge on any atom is 0.153 e. The molecule has 3 rings (SSSR count). The first-order chi connectivity index (χ1) is 10.7. The Balaban J connectivity index is 1.93. The first-order valence-corrected chi connectivity index (χ1v) is 7.48. The van der Waals surface area contributed by atoms with Gasteiger partial charge in [-0.05, 0) is 28.5 Å². The van der Waals surface area contributed by atoms with Gasteiger partial charge in [-0.15, -0.1) is 0 Å². The third-order valence-corrected chi connectivity index (χ3v) is 3.91. The van der Waals surface area contributed by atoms with Crippen molar-refractivity contribution in [2.24, 2.45) is 0 Å². The number of hydrogen-bond donors (Lipinski definition) is 0. The maximum atomic E-state index is 11.2. The van der Waals surface area contributed by atoms with Crippen molar-refractivity contribution in [1.82, 2.24) is 0 Å². The third-order valence-electron chi connectivity index (χ3n) is 3.42. The summed E-state index contributed by atoms with van der Waals surface area (Å²) in [6.07, 6.45) is 0.691. The van der Waals surface area contributed by atoms with E-state index < -0.39 is 0 Å². The second kappa shape index (κ2) is 6.39. The first kappa shape index (κ1) is 14.9. The number of fused-ring (bicyclic) bond motifs is 1. The molecule has 2 nitrogen and oxygen atoms in total. The molecule has 0 aliphatic heterocycles. The van der Waals surface area contributed by atoms with E-state index in [1.165, 1.54) is 0 Å². The molecule has 0 radical (unpaired) electrons. The van der Waals surface area contributed by atoms with Gasteiger partial charge < -0.3 is 4.74 Å². The molecule has 0 amide bonds. The van der Waals surface area contributed by atoms with Gasteiger partial charge in [-0.25, -0.2) is 0 Å². The molecule has 0 bridgehead atoms. The van der Waals surface area contributed by atoms with Gasteiger partial charge in [0.2, 0.25) is 0 Å². The Morgan fingerprint density at radius 3 is 2.59 bits per heavy atom. The fourth-order valence-corrected chi connectivity index (χ4v) is 2.95. The zero-order valence-electron chi connectivity index (χ0n) is 11.6. The lowest BCUT2D eigenvalue weighted by molar-refractivity contribution is 0.111. The average Bonchev–Trinajstić information content (AvgIpc) is 2.53. The van der Waals surface area contributed by atoms with Crippen molar-refractivity contribution in [2.75, 3.05) is 0 Å². The van der Waals surface area contributed by atoms with Gasteiger partial charge in [-0.2, -0.15) is 0 Å². The summed E-state index contributed by atoms with van der Waals surface area (Å²) in [6, 6.07) is 17.2. The van der Waals surface area contributed by atoms with Crippen LogP contribution in [0.1, 0.15) is 15.9 Å². The Morgan fingerprint density at radius 2 is 1.77 bits per heavy atom. The number of hydrogen-bond acceptors (Lipinski definition) is 2. The molecule has 0 spiro atoms. The van der Waals surface area contributed by atoms with Crippen LogP contribution in [0.15, 0.2) is 54.6 Å². The lowest BCUT2D eigenvalue weighted by atomic mass is 10.1. The molecular formula is C18H12Cl2O2. The highest BCUT2D eigenvalue weighted by Crippen LogP contribution is 2.32. The van der Waals surface area contributed by atoms with Gasteiger partial charge in [0.25, 0.3) is 0 Å². The number of aldehydes is 1. The molecule has 0 atom stereocenters. The van der Waals surface area contributed by atoms with Crippen LogP contribution >= 0.6 is 23.2 Å². The SMILES string of the molecule is O=Cc1cc(Cl)cc(Cl)c1OCc1cccc2ccccc12. The molecule has 0 aliphatic rings. The normalized spacial score (nSPS) is 10.6. The first-order valence-electron chi connectivity index (χ1n) is 6.72. The average molecular weight is 331 g/mol. The second-order valence-corrected chi connectivity index (χ2v) is 5.69. The molecule has 0 N–H and O–H groups in total. The van der Waals surface area contributed by atoms with Gasteiger partial charge in [0.15, 0.2) is 6.29 Å². The molecule has 0 fully saturated rings. The maximum absolute atomic E-state index is 11.2. The van der Waals surface area contributed by atoms with Crippen molar-refractivity contribution in [3.8, 4) is 5.75 Å². The van der Waals surface area contributed by atoms with Crippen LogP contribution in [0, 0.1) is 0 Å². The highest BCUT2D eigenvalue weighted by molar-refractivity contribution is 6.36. The summed E-state index contributed by atoms with van der Waals surface area (Å²) in [6.45, 7) is 0.323. The van der Waals surface area contributed by atoms with Crippen LogP contribution in [-0.4, -0.2) is 6.29 Å². The zero-order valence-corrected chi connectivity index (χ0v) is 13.1. The van der Waals surface area contributed by atoms with Crippen LogP contribution < -0.4 is 4.74 Å². The minimum Gasteiger partial charge on any atom is -0.487 e. The molecular weight excluding hydrogens is 319 g/mol. The third kappa shape index (κ3) is 2.94. The van der Waals surface area contributed by atoms with Crippen LogP contribution in [0.5, 0.6) is 5.75 Å². The molecule has 3 aromatic carbocycles. The smallest absolute Gasteiger partial charge is 0.153 e. The Morgan fingerprint density at radius 1 is 1.00 bits per heavy atom. The molecule has 4 heteroatoms. The number of ether oxygens (including phenoxy) is 1. The minimum absolute atomic E-state index is 0.323. The Bertz CT molecular complexity index is 838. The van der Waals surface area contributed by atoms with Crippen molar-refractivity contribution < 1.29 is 9.53 Å². The number of halogens is 2. The molecule has 0 aromatic heterocycles. The van der Waals surface area contributed by atoms with Crippen molar-refractivity contribution >= 4 is 40.3 Å². The molecule has 110 valence electrons. The quantitative estimate of drug-likeness (QED) is 0.587. The van der Waals surface area contributed by atoms with Crippen LogP contribution in [-0.2, 0) is 6.61 Å². The monoisotopic (exact) mass is 330 g/mol. The summed E-state index contributed by atoms with van der Waals surface area (Å²) in [5.74, 6) is 0.356. The summed E-state index contributed by atoms with van der Waals surface area (Å²) in [7, 11) is 0. The van der Waals surface area contributed by atoms with Crippen LogP contribution in [0.2, 0.25) is 10.0 Å². The van der Waals surface area contributed by atoms with Crippen LogP contribution in [0.25, 0.3) is 10.8 Å². The number of carbonyl (C=O) groups is 1. The second-order valence-electron chi connectivity index (χ2n) is 4.85. The van der Waals surface area contributed by atoms with Gasteiger partial charge in [-0.1, -0.05) is 65.7 Å². The van der Waals surface area contributed by atoms with Gasteiger partial charge >= 0.3 is 0 Å². The van der Waals surface area contributed by atoms with Gasteiger partial charge in [0.05, 0.1) is 10.6 Å². The van der Waals surface area contributed by atoms with Crippen LogP contribution in [0.4, 0.5) is 0 Å². The van der Waals surface area contributed by atoms with Crippen LogP contribution in [0.3, 0.4) is 0 Å². The molecule has 0 unspecified atom stereocenters. The molecule has 3 aromatic rings. The number of benzene rings is 3. The molecule has 0 saturated carbocycles. The Labute approximate surface area is 138 Å². The van der Waals surface area contributed by atoms with Gasteiger partial charge in [0, 0.05) is 5.02 Å². The lowest BCUT2D eigenvalue weighted by Crippen LogP contribution is -2.00. The predicted molar refractivity (Wildman–Crippen MR) is 90.1 cm³/mol. The number of carbonyl (C=O) groups excluding carboxylic acids is 1. The van der Waals surface area contributed by atoms with E-state index in [9.17, 15) is 4.79 Å². The van der Waals surface area contributed by atoms with Crippen molar-refractivity contribution in [2.45, 2.75) is 6.61 Å². The summed E-state index contributed by atoms with van der Waals surface area (Å²) < 4.78 is 5.79. The van der Waals surface area contributed by atoms with E-state index in [-0.39, 0.29) is 0 Å². The van der Waals surface area contributed by atoms with E-state index >= 15 is 0 Å². The molecule has 0 aliphatic carbocycles. The number of rotatable bonds is 4. The summed E-state index contributed by atoms with van der Waals surface area (Å²) >= 11 is 12.0. The zero-order chi connectivity index (χ0) is 15.5. The molecule has 0 saturated heterocycles. The highest BCUT2D eigenvalue weighted by Gasteiger charge is 2.11. The van der Waals surface area contributed by atoms with E-state index in [4.69, 9.17) is 27.9 Å². The molecule has 22 heavy (non-hydrogen) atoms. The van der Waals surface area contributed by atoms with E-state index in [1.807, 2.05) is 42.5 Å². The van der Waals surface area contributed by atoms with E-state index in [0.29, 0.717) is 34.3 Å². The Hall–Kier alpha value is -2.03. The predicted octanol–water partition coefficient (Wildman–Crippen LogP) is 5.54. The van der Waals surface area contributed by atoms with Gasteiger partial charge in [0.1, 0.15) is 12.4 Å². The van der Waals surface area contributed by atoms with Crippen molar-refractivity contribution in [1.29, 1.82) is 0 Å². The standard InChI is InChI=1S/C18H12Cl2O2/c19-15-8-14(10-21)18(17(20)9-15)22-11-13-6-3-5-12-4-1-2-7-16(12)13/h1-10H,11H2. The minimum atomic E-state index is 0.323. The molecule has 0 heterocycles. The topological polar surface area (TPSA) is 26.3 Å². The van der Waals surface area contributed by atoms with E-state index in [1.54, 1.807) is 12.1 Å². The van der Waals surface area contributed by atoms with Crippen molar-refractivity contribution in [3.05, 3.63) is 75.8 Å². The van der Waals surface area contributed by atoms with Gasteiger partial charge in [-0.3, -0.25) is 4.79 Å². The summed E-state index contributed by atoms with van der Waals surface area (Å²) in [4.78, 5) is 11.2. The Kier molecular flexibility index (Phi) is 4.32. The highest BCUT2D eigenvalue weighted by atomic mass is 35.5. The lowest BCUT2D eigenvalue weighted by Gasteiger charge is -2.12. The van der Waals surface area contributed by atoms with E-state index in [0.717, 1.165) is 16.3 Å². The van der Waals surface area contributed by atoms with E-state index in [2.05, 4.69) is 0 Å². The largest absolute Gasteiger partial charge is 0.487 e. The summed E-state index contributed by atoms with van der Waals surface area (Å²) in [5, 5.41) is 2.99.